The molecule has 0 bridgehead atoms. The van der Waals surface area contributed by atoms with Crippen LogP contribution in [0.3, 0.4) is 0 Å². The number of fused-ring (bicyclic) bond motifs is 1. The molecule has 2 aromatic heterocycles. The van der Waals surface area contributed by atoms with Crippen LogP contribution in [0.4, 0.5) is 0 Å². The number of nitrogens with zero attached hydrogens (tertiary/aromatic N) is 4. The average molecular weight is 293 g/mol. The van der Waals surface area contributed by atoms with Gasteiger partial charge in [-0.1, -0.05) is 0 Å². The molecule has 4 rings (SSSR count). The molecule has 2 aromatic rings. The highest BCUT2D eigenvalue weighted by Crippen LogP contribution is 2.57. The Morgan fingerprint density at radius 3 is 2.65 bits per heavy atom. The van der Waals surface area contributed by atoms with Crippen LogP contribution in [0.1, 0.15) is 44.6 Å². The number of halogens is 1. The highest BCUT2D eigenvalue weighted by atomic mass is 35.5. The van der Waals surface area contributed by atoms with Crippen LogP contribution in [-0.2, 0) is 7.05 Å². The highest BCUT2D eigenvalue weighted by molar-refractivity contribution is 6.28. The molecule has 0 unspecified atom stereocenters. The molecule has 106 valence electrons. The third kappa shape index (κ3) is 1.72. The SMILES string of the molecule is Cn1c(=O)n(C2CCC3(CC2)CC3)c2nc(Cl)ncc21. The number of rotatable bonds is 1. The van der Waals surface area contributed by atoms with Crippen molar-refractivity contribution in [1.29, 1.82) is 0 Å². The van der Waals surface area contributed by atoms with Crippen molar-refractivity contribution in [3.8, 4) is 0 Å². The lowest BCUT2D eigenvalue weighted by Gasteiger charge is -2.28. The van der Waals surface area contributed by atoms with Crippen molar-refractivity contribution in [1.82, 2.24) is 19.1 Å². The summed E-state index contributed by atoms with van der Waals surface area (Å²) in [5.41, 5.74) is 2.05. The minimum absolute atomic E-state index is 0.00619. The van der Waals surface area contributed by atoms with Crippen molar-refractivity contribution in [2.24, 2.45) is 12.5 Å². The van der Waals surface area contributed by atoms with E-state index < -0.39 is 0 Å². The average Bonchev–Trinajstić information content (AvgIpc) is 3.15. The Bertz CT molecular complexity index is 733. The van der Waals surface area contributed by atoms with Gasteiger partial charge in [-0.3, -0.25) is 9.13 Å². The van der Waals surface area contributed by atoms with Gasteiger partial charge in [0.05, 0.1) is 6.20 Å². The van der Waals surface area contributed by atoms with E-state index >= 15 is 0 Å². The summed E-state index contributed by atoms with van der Waals surface area (Å²) in [7, 11) is 1.77. The zero-order valence-electron chi connectivity index (χ0n) is 11.5. The summed E-state index contributed by atoms with van der Waals surface area (Å²) in [6.45, 7) is 0. The summed E-state index contributed by atoms with van der Waals surface area (Å²) in [6, 6.07) is 0.253. The van der Waals surface area contributed by atoms with Gasteiger partial charge in [-0.05, 0) is 55.5 Å². The molecule has 6 heteroatoms. The Balaban J connectivity index is 1.80. The maximum Gasteiger partial charge on any atom is 0.330 e. The monoisotopic (exact) mass is 292 g/mol. The molecule has 0 saturated heterocycles. The van der Waals surface area contributed by atoms with E-state index in [1.165, 1.54) is 25.7 Å². The fourth-order valence-corrected chi connectivity index (χ4v) is 3.72. The molecule has 0 radical (unpaired) electrons. The van der Waals surface area contributed by atoms with E-state index in [9.17, 15) is 4.79 Å². The van der Waals surface area contributed by atoms with Gasteiger partial charge in [-0.25, -0.2) is 9.78 Å². The minimum Gasteiger partial charge on any atom is -0.292 e. The summed E-state index contributed by atoms with van der Waals surface area (Å²) in [4.78, 5) is 20.8. The molecule has 20 heavy (non-hydrogen) atoms. The second kappa shape index (κ2) is 4.07. The van der Waals surface area contributed by atoms with Crippen LogP contribution in [0.25, 0.3) is 11.2 Å². The van der Waals surface area contributed by atoms with Gasteiger partial charge in [0.25, 0.3) is 0 Å². The molecule has 0 atom stereocenters. The zero-order chi connectivity index (χ0) is 13.9. The second-order valence-corrected chi connectivity index (χ2v) is 6.63. The molecule has 1 spiro atoms. The van der Waals surface area contributed by atoms with Crippen molar-refractivity contribution in [2.75, 3.05) is 0 Å². The van der Waals surface area contributed by atoms with E-state index in [4.69, 9.17) is 11.6 Å². The molecule has 2 aliphatic carbocycles. The van der Waals surface area contributed by atoms with Crippen LogP contribution in [-0.4, -0.2) is 19.1 Å². The molecule has 2 heterocycles. The van der Waals surface area contributed by atoms with Crippen LogP contribution in [0.5, 0.6) is 0 Å². The van der Waals surface area contributed by atoms with Gasteiger partial charge < -0.3 is 0 Å². The van der Waals surface area contributed by atoms with Gasteiger partial charge >= 0.3 is 5.69 Å². The fourth-order valence-electron chi connectivity index (χ4n) is 3.59. The molecule has 2 saturated carbocycles. The first-order valence-electron chi connectivity index (χ1n) is 7.19. The third-order valence-corrected chi connectivity index (χ3v) is 5.32. The first kappa shape index (κ1) is 12.4. The summed E-state index contributed by atoms with van der Waals surface area (Å²) >= 11 is 5.90. The van der Waals surface area contributed by atoms with Crippen molar-refractivity contribution in [3.05, 3.63) is 22.0 Å². The summed E-state index contributed by atoms with van der Waals surface area (Å²) in [5, 5.41) is 0.200. The summed E-state index contributed by atoms with van der Waals surface area (Å²) < 4.78 is 3.45. The molecule has 2 aliphatic rings. The normalized spacial score (nSPS) is 21.7. The number of aromatic nitrogens is 4. The number of hydrogen-bond acceptors (Lipinski definition) is 3. The summed E-state index contributed by atoms with van der Waals surface area (Å²) in [6.07, 6.45) is 8.99. The Kier molecular flexibility index (Phi) is 2.52. The molecular weight excluding hydrogens is 276 g/mol. The van der Waals surface area contributed by atoms with Gasteiger partial charge in [-0.2, -0.15) is 4.98 Å². The summed E-state index contributed by atoms with van der Waals surface area (Å²) in [5.74, 6) is 0. The Morgan fingerprint density at radius 2 is 2.00 bits per heavy atom. The molecule has 0 aliphatic heterocycles. The highest BCUT2D eigenvalue weighted by Gasteiger charge is 2.45. The van der Waals surface area contributed by atoms with Crippen LogP contribution in [0, 0.1) is 5.41 Å². The smallest absolute Gasteiger partial charge is 0.292 e. The van der Waals surface area contributed by atoms with Crippen molar-refractivity contribution < 1.29 is 0 Å². The van der Waals surface area contributed by atoms with Gasteiger partial charge in [-0.15, -0.1) is 0 Å². The molecule has 0 N–H and O–H groups in total. The first-order valence-corrected chi connectivity index (χ1v) is 7.57. The van der Waals surface area contributed by atoms with Gasteiger partial charge in [0.15, 0.2) is 5.65 Å². The first-order chi connectivity index (χ1) is 9.60. The number of hydrogen-bond donors (Lipinski definition) is 0. The van der Waals surface area contributed by atoms with E-state index in [1.54, 1.807) is 17.8 Å². The van der Waals surface area contributed by atoms with Crippen LogP contribution < -0.4 is 5.69 Å². The number of imidazole rings is 1. The molecule has 0 amide bonds. The van der Waals surface area contributed by atoms with Crippen LogP contribution in [0.15, 0.2) is 11.0 Å². The minimum atomic E-state index is -0.00619. The third-order valence-electron chi connectivity index (χ3n) is 5.14. The lowest BCUT2D eigenvalue weighted by atomic mass is 9.83. The Labute approximate surface area is 121 Å². The molecular formula is C14H17ClN4O. The zero-order valence-corrected chi connectivity index (χ0v) is 12.2. The van der Waals surface area contributed by atoms with E-state index in [2.05, 4.69) is 9.97 Å². The standard InChI is InChI=1S/C14H17ClN4O/c1-18-10-8-16-12(15)17-11(10)19(13(18)20)9-2-4-14(5-3-9)6-7-14/h8-9H,2-7H2,1H3. The largest absolute Gasteiger partial charge is 0.330 e. The Morgan fingerprint density at radius 1 is 1.30 bits per heavy atom. The molecule has 0 aromatic carbocycles. The van der Waals surface area contributed by atoms with Crippen molar-refractivity contribution in [3.63, 3.8) is 0 Å². The maximum absolute atomic E-state index is 12.5. The molecule has 5 nitrogen and oxygen atoms in total. The quantitative estimate of drug-likeness (QED) is 0.759. The van der Waals surface area contributed by atoms with E-state index in [-0.39, 0.29) is 17.0 Å². The van der Waals surface area contributed by atoms with Crippen LogP contribution in [0.2, 0.25) is 5.28 Å². The van der Waals surface area contributed by atoms with Gasteiger partial charge in [0, 0.05) is 13.1 Å². The topological polar surface area (TPSA) is 52.7 Å². The van der Waals surface area contributed by atoms with E-state index in [1.807, 2.05) is 4.57 Å². The molecule has 2 fully saturated rings. The maximum atomic E-state index is 12.5. The lowest BCUT2D eigenvalue weighted by Crippen LogP contribution is -2.29. The predicted octanol–water partition coefficient (Wildman–Crippen LogP) is 2.68. The lowest BCUT2D eigenvalue weighted by molar-refractivity contribution is 0.256. The van der Waals surface area contributed by atoms with Crippen molar-refractivity contribution in [2.45, 2.75) is 44.6 Å². The fraction of sp³-hybridized carbons (Fsp3) is 0.643. The van der Waals surface area contributed by atoms with Gasteiger partial charge in [0.2, 0.25) is 5.28 Å². The van der Waals surface area contributed by atoms with E-state index in [0.717, 1.165) is 18.4 Å². The second-order valence-electron chi connectivity index (χ2n) is 6.29. The Hall–Kier alpha value is -1.36. The van der Waals surface area contributed by atoms with Crippen LogP contribution >= 0.6 is 11.6 Å². The van der Waals surface area contributed by atoms with Gasteiger partial charge in [0.1, 0.15) is 5.52 Å². The number of aryl methyl sites for hydroxylation is 1. The van der Waals surface area contributed by atoms with E-state index in [0.29, 0.717) is 11.1 Å². The van der Waals surface area contributed by atoms with Crippen molar-refractivity contribution >= 4 is 22.8 Å². The predicted molar refractivity (Wildman–Crippen MR) is 77.0 cm³/mol.